The summed E-state index contributed by atoms with van der Waals surface area (Å²) >= 11 is 0. The van der Waals surface area contributed by atoms with E-state index in [4.69, 9.17) is 4.74 Å². The molecule has 132 valence electrons. The Bertz CT molecular complexity index is 621. The number of carbonyl (C=O) groups excluding carboxylic acids is 1. The van der Waals surface area contributed by atoms with Crippen molar-refractivity contribution in [2.75, 3.05) is 13.1 Å². The Balaban J connectivity index is 1.90. The lowest BCUT2D eigenvalue weighted by Gasteiger charge is -2.40. The average Bonchev–Trinajstić information content (AvgIpc) is 2.75. The van der Waals surface area contributed by atoms with E-state index in [-0.39, 0.29) is 18.2 Å². The molecule has 8 heteroatoms. The number of aryl methyl sites for hydroxylation is 1. The minimum atomic E-state index is -2.94. The molecule has 1 atom stereocenters. The lowest BCUT2D eigenvalue weighted by atomic mass is 10.00. The largest absolute Gasteiger partial charge is 0.433 e. The lowest BCUT2D eigenvalue weighted by Crippen LogP contribution is -2.52. The molecule has 0 aliphatic carbocycles. The van der Waals surface area contributed by atoms with E-state index >= 15 is 0 Å². The summed E-state index contributed by atoms with van der Waals surface area (Å²) in [5.41, 5.74) is 0.292. The van der Waals surface area contributed by atoms with Gasteiger partial charge in [0.1, 0.15) is 23.3 Å². The topological polar surface area (TPSA) is 63.7 Å². The third kappa shape index (κ3) is 3.21. The molecule has 2 aliphatic rings. The molecule has 0 radical (unpaired) electrons. The van der Waals surface area contributed by atoms with Crippen LogP contribution in [0.5, 0.6) is 5.75 Å². The van der Waals surface area contributed by atoms with Crippen LogP contribution < -0.4 is 10.1 Å². The number of carbonyl (C=O) groups is 1. The lowest BCUT2D eigenvalue weighted by molar-refractivity contribution is -0.139. The van der Waals surface area contributed by atoms with Gasteiger partial charge in [-0.15, -0.1) is 0 Å². The van der Waals surface area contributed by atoms with E-state index in [9.17, 15) is 13.6 Å². The standard InChI is InChI=1S/C16H21F2N3O3/c1-10-3-4-13(23-15(17)18)12(20-10)9-21-14(22)11(2)24-16(21)5-7-19-8-6-16/h3-4,11,15,19H,5-9H2,1-2H3/t11-/m0/s1. The molecule has 1 aromatic heterocycles. The fourth-order valence-electron chi connectivity index (χ4n) is 3.35. The summed E-state index contributed by atoms with van der Waals surface area (Å²) in [6, 6.07) is 3.07. The number of ether oxygens (including phenoxy) is 2. The molecule has 3 rings (SSSR count). The molecule has 2 saturated heterocycles. The van der Waals surface area contributed by atoms with Crippen LogP contribution in [0.25, 0.3) is 0 Å². The normalized spacial score (nSPS) is 23.3. The Hall–Kier alpha value is -1.80. The second kappa shape index (κ2) is 6.60. The van der Waals surface area contributed by atoms with Crippen LogP contribution in [0.2, 0.25) is 0 Å². The molecule has 2 fully saturated rings. The van der Waals surface area contributed by atoms with Gasteiger partial charge in [0.05, 0.1) is 6.54 Å². The third-order valence-corrected chi connectivity index (χ3v) is 4.48. The average molecular weight is 341 g/mol. The van der Waals surface area contributed by atoms with Crippen LogP contribution in [0.15, 0.2) is 12.1 Å². The molecule has 1 spiro atoms. The number of hydrogen-bond acceptors (Lipinski definition) is 5. The highest BCUT2D eigenvalue weighted by molar-refractivity contribution is 5.83. The van der Waals surface area contributed by atoms with E-state index in [1.165, 1.54) is 6.07 Å². The zero-order valence-corrected chi connectivity index (χ0v) is 13.7. The SMILES string of the molecule is Cc1ccc(OC(F)F)c(CN2C(=O)[C@H](C)OC23CCNCC3)n1. The summed E-state index contributed by atoms with van der Waals surface area (Å²) in [4.78, 5) is 18.5. The van der Waals surface area contributed by atoms with Crippen molar-refractivity contribution in [1.82, 2.24) is 15.2 Å². The van der Waals surface area contributed by atoms with Gasteiger partial charge in [0.25, 0.3) is 5.91 Å². The number of alkyl halides is 2. The van der Waals surface area contributed by atoms with Gasteiger partial charge in [-0.25, -0.2) is 0 Å². The number of aromatic nitrogens is 1. The second-order valence-corrected chi connectivity index (χ2v) is 6.16. The van der Waals surface area contributed by atoms with Crippen molar-refractivity contribution >= 4 is 5.91 Å². The molecule has 24 heavy (non-hydrogen) atoms. The number of nitrogens with one attached hydrogen (secondary N) is 1. The molecule has 1 aromatic rings. The first-order valence-corrected chi connectivity index (χ1v) is 8.03. The zero-order chi connectivity index (χ0) is 17.3. The molecule has 0 unspecified atom stereocenters. The molecule has 0 saturated carbocycles. The van der Waals surface area contributed by atoms with E-state index in [2.05, 4.69) is 15.0 Å². The number of amides is 1. The van der Waals surface area contributed by atoms with Crippen molar-refractivity contribution in [3.63, 3.8) is 0 Å². The Morgan fingerprint density at radius 1 is 1.46 bits per heavy atom. The molecule has 0 bridgehead atoms. The molecule has 2 aliphatic heterocycles. The Morgan fingerprint density at radius 3 is 2.83 bits per heavy atom. The maximum atomic E-state index is 12.6. The minimum Gasteiger partial charge on any atom is -0.433 e. The van der Waals surface area contributed by atoms with Gasteiger partial charge in [-0.1, -0.05) is 0 Å². The van der Waals surface area contributed by atoms with E-state index in [1.54, 1.807) is 24.8 Å². The number of pyridine rings is 1. The van der Waals surface area contributed by atoms with Gasteiger partial charge in [0.15, 0.2) is 0 Å². The maximum Gasteiger partial charge on any atom is 0.387 e. The quantitative estimate of drug-likeness (QED) is 0.905. The number of rotatable bonds is 4. The smallest absolute Gasteiger partial charge is 0.387 e. The molecular weight excluding hydrogens is 320 g/mol. The molecule has 1 N–H and O–H groups in total. The molecular formula is C16H21F2N3O3. The van der Waals surface area contributed by atoms with Gasteiger partial charge < -0.3 is 19.7 Å². The van der Waals surface area contributed by atoms with Crippen LogP contribution in [0, 0.1) is 6.92 Å². The van der Waals surface area contributed by atoms with Gasteiger partial charge in [0, 0.05) is 18.5 Å². The first kappa shape index (κ1) is 17.0. The summed E-state index contributed by atoms with van der Waals surface area (Å²) in [6.07, 6.45) is 0.757. The van der Waals surface area contributed by atoms with E-state index in [0.29, 0.717) is 24.2 Å². The van der Waals surface area contributed by atoms with Gasteiger partial charge in [-0.2, -0.15) is 8.78 Å². The predicted molar refractivity (Wildman–Crippen MR) is 81.5 cm³/mol. The fraction of sp³-hybridized carbons (Fsp3) is 0.625. The van der Waals surface area contributed by atoms with Gasteiger partial charge >= 0.3 is 6.61 Å². The molecule has 0 aromatic carbocycles. The van der Waals surface area contributed by atoms with E-state index < -0.39 is 18.4 Å². The van der Waals surface area contributed by atoms with Crippen molar-refractivity contribution in [2.45, 2.75) is 51.7 Å². The van der Waals surface area contributed by atoms with Crippen LogP contribution in [-0.2, 0) is 16.1 Å². The van der Waals surface area contributed by atoms with Crippen molar-refractivity contribution < 1.29 is 23.0 Å². The highest BCUT2D eigenvalue weighted by Crippen LogP contribution is 2.37. The highest BCUT2D eigenvalue weighted by Gasteiger charge is 2.51. The first-order chi connectivity index (χ1) is 11.4. The summed E-state index contributed by atoms with van der Waals surface area (Å²) in [5.74, 6) is -0.157. The Morgan fingerprint density at radius 2 is 2.17 bits per heavy atom. The summed E-state index contributed by atoms with van der Waals surface area (Å²) < 4.78 is 35.8. The van der Waals surface area contributed by atoms with Crippen molar-refractivity contribution in [3.05, 3.63) is 23.5 Å². The first-order valence-electron chi connectivity index (χ1n) is 8.03. The monoisotopic (exact) mass is 341 g/mol. The number of piperidine rings is 1. The van der Waals surface area contributed by atoms with Crippen LogP contribution in [0.1, 0.15) is 31.2 Å². The molecule has 6 nitrogen and oxygen atoms in total. The summed E-state index contributed by atoms with van der Waals surface area (Å²) in [5, 5.41) is 3.24. The highest BCUT2D eigenvalue weighted by atomic mass is 19.3. The number of hydrogen-bond donors (Lipinski definition) is 1. The zero-order valence-electron chi connectivity index (χ0n) is 13.7. The third-order valence-electron chi connectivity index (χ3n) is 4.48. The minimum absolute atomic E-state index is 0.00737. The van der Waals surface area contributed by atoms with Crippen LogP contribution in [0.4, 0.5) is 8.78 Å². The van der Waals surface area contributed by atoms with Crippen molar-refractivity contribution in [2.24, 2.45) is 0 Å². The maximum absolute atomic E-state index is 12.6. The van der Waals surface area contributed by atoms with E-state index in [0.717, 1.165) is 13.1 Å². The Labute approximate surface area is 139 Å². The van der Waals surface area contributed by atoms with Gasteiger partial charge in [0.2, 0.25) is 0 Å². The van der Waals surface area contributed by atoms with Crippen LogP contribution in [-0.4, -0.2) is 47.3 Å². The molecule has 3 heterocycles. The second-order valence-electron chi connectivity index (χ2n) is 6.16. The number of nitrogens with zero attached hydrogens (tertiary/aromatic N) is 2. The molecule has 1 amide bonds. The Kier molecular flexibility index (Phi) is 4.69. The van der Waals surface area contributed by atoms with Gasteiger partial charge in [-0.3, -0.25) is 9.78 Å². The number of halogens is 2. The van der Waals surface area contributed by atoms with Crippen molar-refractivity contribution in [3.8, 4) is 5.75 Å². The summed E-state index contributed by atoms with van der Waals surface area (Å²) in [6.45, 7) is 2.10. The van der Waals surface area contributed by atoms with Gasteiger partial charge in [-0.05, 0) is 39.1 Å². The van der Waals surface area contributed by atoms with E-state index in [1.807, 2.05) is 0 Å². The predicted octanol–water partition coefficient (Wildman–Crippen LogP) is 1.82. The van der Waals surface area contributed by atoms with Crippen LogP contribution in [0.3, 0.4) is 0 Å². The summed E-state index contributed by atoms with van der Waals surface area (Å²) in [7, 11) is 0. The fourth-order valence-corrected chi connectivity index (χ4v) is 3.35. The van der Waals surface area contributed by atoms with Crippen molar-refractivity contribution in [1.29, 1.82) is 0 Å². The van der Waals surface area contributed by atoms with Crippen LogP contribution >= 0.6 is 0 Å².